The Labute approximate surface area is 101 Å². The molecule has 1 heterocycles. The third-order valence-corrected chi connectivity index (χ3v) is 4.13. The molecule has 0 saturated heterocycles. The predicted octanol–water partition coefficient (Wildman–Crippen LogP) is 2.27. The molecule has 0 bridgehead atoms. The molecule has 0 aromatic carbocycles. The Balaban J connectivity index is 1.76. The van der Waals surface area contributed by atoms with Crippen LogP contribution in [0.25, 0.3) is 0 Å². The molecule has 0 amide bonds. The molecule has 0 radical (unpaired) electrons. The molecule has 1 aromatic rings. The van der Waals surface area contributed by atoms with Gasteiger partial charge in [0.25, 0.3) is 0 Å². The molecule has 2 rings (SSSR count). The van der Waals surface area contributed by atoms with Crippen LogP contribution in [0, 0.1) is 0 Å². The molecule has 1 aliphatic carbocycles. The lowest BCUT2D eigenvalue weighted by Crippen LogP contribution is -2.36. The Morgan fingerprint density at radius 3 is 3.00 bits per heavy atom. The number of rotatable bonds is 6. The molecule has 1 atom stereocenters. The molecule has 16 heavy (non-hydrogen) atoms. The van der Waals surface area contributed by atoms with Crippen molar-refractivity contribution in [1.82, 2.24) is 10.3 Å². The molecule has 1 unspecified atom stereocenters. The van der Waals surface area contributed by atoms with Crippen LogP contribution in [-0.4, -0.2) is 22.2 Å². The lowest BCUT2D eigenvalue weighted by molar-refractivity contribution is 0.0555. The normalized spacial score (nSPS) is 19.7. The average molecular weight is 240 g/mol. The zero-order valence-electron chi connectivity index (χ0n) is 9.99. The van der Waals surface area contributed by atoms with Gasteiger partial charge in [-0.25, -0.2) is 4.98 Å². The molecule has 90 valence electrons. The second kappa shape index (κ2) is 4.82. The summed E-state index contributed by atoms with van der Waals surface area (Å²) in [4.78, 5) is 4.59. The van der Waals surface area contributed by atoms with E-state index in [2.05, 4.69) is 15.7 Å². The zero-order valence-corrected chi connectivity index (χ0v) is 10.8. The first-order valence-corrected chi connectivity index (χ1v) is 6.86. The first kappa shape index (κ1) is 12.0. The van der Waals surface area contributed by atoms with E-state index in [1.54, 1.807) is 11.3 Å². The quantitative estimate of drug-likeness (QED) is 0.802. The van der Waals surface area contributed by atoms with E-state index >= 15 is 0 Å². The van der Waals surface area contributed by atoms with Crippen molar-refractivity contribution in [2.45, 2.75) is 51.2 Å². The second-order valence-corrected chi connectivity index (χ2v) is 5.80. The fourth-order valence-electron chi connectivity index (χ4n) is 1.51. The van der Waals surface area contributed by atoms with Gasteiger partial charge in [-0.05, 0) is 26.2 Å². The Bertz CT molecular complexity index is 345. The summed E-state index contributed by atoms with van der Waals surface area (Å²) in [6.07, 6.45) is 3.39. The topological polar surface area (TPSA) is 45.1 Å². The van der Waals surface area contributed by atoms with Crippen LogP contribution in [-0.2, 0) is 6.54 Å². The highest BCUT2D eigenvalue weighted by molar-refractivity contribution is 7.09. The highest BCUT2D eigenvalue weighted by Gasteiger charge is 2.26. The van der Waals surface area contributed by atoms with E-state index in [1.807, 2.05) is 13.8 Å². The van der Waals surface area contributed by atoms with Gasteiger partial charge < -0.3 is 10.4 Å². The third-order valence-electron chi connectivity index (χ3n) is 3.07. The number of aromatic nitrogens is 1. The maximum absolute atomic E-state index is 9.82. The highest BCUT2D eigenvalue weighted by atomic mass is 32.1. The van der Waals surface area contributed by atoms with E-state index in [0.29, 0.717) is 6.54 Å². The van der Waals surface area contributed by atoms with Crippen LogP contribution in [0.3, 0.4) is 0 Å². The third kappa shape index (κ3) is 3.27. The van der Waals surface area contributed by atoms with Crippen molar-refractivity contribution in [3.63, 3.8) is 0 Å². The summed E-state index contributed by atoms with van der Waals surface area (Å²) in [5.41, 5.74) is 0.508. The van der Waals surface area contributed by atoms with Crippen molar-refractivity contribution in [1.29, 1.82) is 0 Å². The van der Waals surface area contributed by atoms with Crippen molar-refractivity contribution in [3.8, 4) is 0 Å². The Kier molecular flexibility index (Phi) is 3.62. The molecule has 4 heteroatoms. The van der Waals surface area contributed by atoms with Gasteiger partial charge >= 0.3 is 0 Å². The summed E-state index contributed by atoms with van der Waals surface area (Å²) in [7, 11) is 0. The maximum atomic E-state index is 9.82. The van der Waals surface area contributed by atoms with E-state index < -0.39 is 5.60 Å². The minimum Gasteiger partial charge on any atom is -0.389 e. The van der Waals surface area contributed by atoms with Crippen LogP contribution in [0.4, 0.5) is 0 Å². The molecule has 1 aromatic heterocycles. The van der Waals surface area contributed by atoms with E-state index in [0.717, 1.165) is 24.6 Å². The predicted molar refractivity (Wildman–Crippen MR) is 66.7 cm³/mol. The van der Waals surface area contributed by atoms with Gasteiger partial charge in [-0.1, -0.05) is 6.92 Å². The van der Waals surface area contributed by atoms with Crippen LogP contribution in [0.5, 0.6) is 0 Å². The monoisotopic (exact) mass is 240 g/mol. The molecule has 3 nitrogen and oxygen atoms in total. The fourth-order valence-corrected chi connectivity index (χ4v) is 2.50. The van der Waals surface area contributed by atoms with Crippen molar-refractivity contribution in [2.24, 2.45) is 0 Å². The summed E-state index contributed by atoms with van der Waals surface area (Å²) < 4.78 is 0. The zero-order chi connectivity index (χ0) is 11.6. The minimum absolute atomic E-state index is 0.602. The highest BCUT2D eigenvalue weighted by Crippen LogP contribution is 2.41. The van der Waals surface area contributed by atoms with Gasteiger partial charge in [-0.3, -0.25) is 0 Å². The van der Waals surface area contributed by atoms with Crippen LogP contribution in [0.15, 0.2) is 5.38 Å². The van der Waals surface area contributed by atoms with Crippen molar-refractivity contribution in [3.05, 3.63) is 16.1 Å². The van der Waals surface area contributed by atoms with Crippen molar-refractivity contribution >= 4 is 11.3 Å². The molecule has 1 saturated carbocycles. The molecular formula is C12H20N2OS. The van der Waals surface area contributed by atoms with Crippen LogP contribution in [0.2, 0.25) is 0 Å². The van der Waals surface area contributed by atoms with Gasteiger partial charge in [0.2, 0.25) is 0 Å². The van der Waals surface area contributed by atoms with Crippen molar-refractivity contribution < 1.29 is 5.11 Å². The van der Waals surface area contributed by atoms with E-state index in [4.69, 9.17) is 0 Å². The van der Waals surface area contributed by atoms with Gasteiger partial charge in [-0.15, -0.1) is 11.3 Å². The van der Waals surface area contributed by atoms with E-state index in [-0.39, 0.29) is 0 Å². The van der Waals surface area contributed by atoms with Gasteiger partial charge in [0.05, 0.1) is 16.3 Å². The van der Waals surface area contributed by atoms with Gasteiger partial charge in [-0.2, -0.15) is 0 Å². The maximum Gasteiger partial charge on any atom is 0.0959 e. The van der Waals surface area contributed by atoms with Gasteiger partial charge in [0.15, 0.2) is 0 Å². The summed E-state index contributed by atoms with van der Waals surface area (Å²) in [6.45, 7) is 5.24. The molecule has 2 N–H and O–H groups in total. The number of hydrogen-bond donors (Lipinski definition) is 2. The Hall–Kier alpha value is -0.450. The van der Waals surface area contributed by atoms with Crippen LogP contribution < -0.4 is 5.32 Å². The Morgan fingerprint density at radius 1 is 1.62 bits per heavy atom. The first-order chi connectivity index (χ1) is 7.61. The van der Waals surface area contributed by atoms with E-state index in [9.17, 15) is 5.11 Å². The minimum atomic E-state index is -0.602. The molecule has 0 spiro atoms. The van der Waals surface area contributed by atoms with Gasteiger partial charge in [0, 0.05) is 24.4 Å². The summed E-state index contributed by atoms with van der Waals surface area (Å²) in [5, 5.41) is 16.5. The summed E-state index contributed by atoms with van der Waals surface area (Å²) in [6, 6.07) is 0. The number of thiazole rings is 1. The molecule has 0 aliphatic heterocycles. The number of nitrogens with zero attached hydrogens (tertiary/aromatic N) is 1. The lowest BCUT2D eigenvalue weighted by atomic mass is 10.0. The first-order valence-electron chi connectivity index (χ1n) is 5.98. The lowest BCUT2D eigenvalue weighted by Gasteiger charge is -2.21. The van der Waals surface area contributed by atoms with Crippen LogP contribution in [0.1, 0.15) is 49.7 Å². The largest absolute Gasteiger partial charge is 0.389 e. The average Bonchev–Trinajstić information content (AvgIpc) is 3.00. The standard InChI is InChI=1S/C12H20N2OS/c1-3-12(2,15)8-13-6-10-7-16-11(14-10)9-4-5-9/h7,9,13,15H,3-6,8H2,1-2H3. The molecule has 1 fully saturated rings. The SMILES string of the molecule is CCC(C)(O)CNCc1csc(C2CC2)n1. The van der Waals surface area contributed by atoms with E-state index in [1.165, 1.54) is 17.8 Å². The second-order valence-electron chi connectivity index (χ2n) is 4.91. The smallest absolute Gasteiger partial charge is 0.0959 e. The van der Waals surface area contributed by atoms with Crippen molar-refractivity contribution in [2.75, 3.05) is 6.54 Å². The van der Waals surface area contributed by atoms with Gasteiger partial charge in [0.1, 0.15) is 0 Å². The summed E-state index contributed by atoms with van der Waals surface area (Å²) >= 11 is 1.77. The summed E-state index contributed by atoms with van der Waals surface area (Å²) in [5.74, 6) is 0.748. The molecular weight excluding hydrogens is 220 g/mol. The Morgan fingerprint density at radius 2 is 2.38 bits per heavy atom. The fraction of sp³-hybridized carbons (Fsp3) is 0.750. The van der Waals surface area contributed by atoms with Crippen LogP contribution >= 0.6 is 11.3 Å². The number of aliphatic hydroxyl groups is 1. The number of nitrogens with one attached hydrogen (secondary N) is 1. The molecule has 1 aliphatic rings. The number of hydrogen-bond acceptors (Lipinski definition) is 4.